The molecule has 1 rings (SSSR count). The minimum Gasteiger partial charge on any atom is -0.395 e. The van der Waals surface area contributed by atoms with Gasteiger partial charge in [-0.15, -0.1) is 0 Å². The van der Waals surface area contributed by atoms with Gasteiger partial charge in [0.1, 0.15) is 0 Å². The van der Waals surface area contributed by atoms with Gasteiger partial charge in [-0.1, -0.05) is 13.8 Å². The summed E-state index contributed by atoms with van der Waals surface area (Å²) in [6.07, 6.45) is 2.76. The van der Waals surface area contributed by atoms with Crippen LogP contribution in [0.1, 0.15) is 33.6 Å². The highest BCUT2D eigenvalue weighted by atomic mass is 16.3. The van der Waals surface area contributed by atoms with Crippen LogP contribution in [0, 0.1) is 5.92 Å². The van der Waals surface area contributed by atoms with Crippen molar-refractivity contribution in [3.63, 3.8) is 0 Å². The van der Waals surface area contributed by atoms with Gasteiger partial charge >= 0.3 is 0 Å². The third kappa shape index (κ3) is 4.49. The number of nitrogens with zero attached hydrogens (tertiary/aromatic N) is 1. The van der Waals surface area contributed by atoms with E-state index in [2.05, 4.69) is 38.0 Å². The molecule has 2 N–H and O–H groups in total. The maximum atomic E-state index is 9.27. The fourth-order valence-electron chi connectivity index (χ4n) is 2.09. The van der Waals surface area contributed by atoms with Gasteiger partial charge in [-0.25, -0.2) is 0 Å². The van der Waals surface area contributed by atoms with Crippen LogP contribution >= 0.6 is 0 Å². The summed E-state index contributed by atoms with van der Waals surface area (Å²) in [5, 5.41) is 12.7. The normalized spacial score (nSPS) is 21.0. The van der Waals surface area contributed by atoms with E-state index in [-0.39, 0.29) is 12.6 Å². The number of aliphatic hydroxyl groups is 1. The molecule has 0 heterocycles. The predicted octanol–water partition coefficient (Wildman–Crippen LogP) is 1.08. The Morgan fingerprint density at radius 2 is 1.93 bits per heavy atom. The molecule has 0 saturated heterocycles. The number of hydrogen-bond acceptors (Lipinski definition) is 3. The van der Waals surface area contributed by atoms with Crippen molar-refractivity contribution in [1.82, 2.24) is 10.2 Å². The molecule has 0 aliphatic heterocycles. The zero-order valence-electron chi connectivity index (χ0n) is 10.5. The largest absolute Gasteiger partial charge is 0.395 e. The third-order valence-electron chi connectivity index (χ3n) is 3.30. The Morgan fingerprint density at radius 1 is 1.33 bits per heavy atom. The summed E-state index contributed by atoms with van der Waals surface area (Å²) < 4.78 is 0. The molecule has 2 atom stereocenters. The van der Waals surface area contributed by atoms with E-state index in [1.807, 2.05) is 0 Å². The molecule has 1 aliphatic carbocycles. The Hall–Kier alpha value is -0.120. The van der Waals surface area contributed by atoms with Crippen LogP contribution < -0.4 is 5.32 Å². The zero-order chi connectivity index (χ0) is 11.4. The van der Waals surface area contributed by atoms with Gasteiger partial charge in [0.2, 0.25) is 0 Å². The molecule has 15 heavy (non-hydrogen) atoms. The van der Waals surface area contributed by atoms with Gasteiger partial charge < -0.3 is 15.3 Å². The molecule has 0 aromatic rings. The summed E-state index contributed by atoms with van der Waals surface area (Å²) in [4.78, 5) is 2.37. The maximum Gasteiger partial charge on any atom is 0.0597 e. The van der Waals surface area contributed by atoms with Gasteiger partial charge in [-0.3, -0.25) is 0 Å². The van der Waals surface area contributed by atoms with Crippen LogP contribution in [0.15, 0.2) is 0 Å². The topological polar surface area (TPSA) is 35.5 Å². The highest BCUT2D eigenvalue weighted by Gasteiger charge is 2.31. The van der Waals surface area contributed by atoms with Gasteiger partial charge in [0.15, 0.2) is 0 Å². The zero-order valence-corrected chi connectivity index (χ0v) is 10.5. The Bertz CT molecular complexity index is 180. The maximum absolute atomic E-state index is 9.27. The van der Waals surface area contributed by atoms with E-state index in [4.69, 9.17) is 0 Å². The van der Waals surface area contributed by atoms with E-state index >= 15 is 0 Å². The van der Waals surface area contributed by atoms with Gasteiger partial charge in [0, 0.05) is 24.7 Å². The average Bonchev–Trinajstić information content (AvgIpc) is 2.97. The second kappa shape index (κ2) is 5.83. The second-order valence-corrected chi connectivity index (χ2v) is 5.22. The van der Waals surface area contributed by atoms with Crippen molar-refractivity contribution in [3.8, 4) is 0 Å². The van der Waals surface area contributed by atoms with Crippen LogP contribution in [-0.4, -0.2) is 48.3 Å². The SMILES string of the molecule is CC(C)NC(CO)CN(C)C(C)C1CC1. The number of aliphatic hydroxyl groups excluding tert-OH is 1. The summed E-state index contributed by atoms with van der Waals surface area (Å²) in [6, 6.07) is 1.30. The highest BCUT2D eigenvalue weighted by Crippen LogP contribution is 2.34. The molecule has 90 valence electrons. The Morgan fingerprint density at radius 3 is 2.33 bits per heavy atom. The van der Waals surface area contributed by atoms with Crippen LogP contribution in [0.4, 0.5) is 0 Å². The van der Waals surface area contributed by atoms with Crippen molar-refractivity contribution in [2.24, 2.45) is 5.92 Å². The molecular formula is C12H26N2O. The molecule has 0 bridgehead atoms. The standard InChI is InChI=1S/C12H26N2O/c1-9(2)13-12(8-15)7-14(4)10(3)11-5-6-11/h9-13,15H,5-8H2,1-4H3. The number of nitrogens with one attached hydrogen (secondary N) is 1. The fourth-order valence-corrected chi connectivity index (χ4v) is 2.09. The van der Waals surface area contributed by atoms with E-state index in [9.17, 15) is 5.11 Å². The molecule has 1 saturated carbocycles. The Balaban J connectivity index is 2.29. The van der Waals surface area contributed by atoms with Crippen molar-refractivity contribution in [2.45, 2.75) is 51.7 Å². The first kappa shape index (κ1) is 12.9. The second-order valence-electron chi connectivity index (χ2n) is 5.22. The van der Waals surface area contributed by atoms with Crippen molar-refractivity contribution in [1.29, 1.82) is 0 Å². The van der Waals surface area contributed by atoms with Crippen molar-refractivity contribution in [2.75, 3.05) is 20.2 Å². The van der Waals surface area contributed by atoms with Gasteiger partial charge in [-0.05, 0) is 32.7 Å². The minimum absolute atomic E-state index is 0.205. The van der Waals surface area contributed by atoms with Crippen LogP contribution in [0.5, 0.6) is 0 Å². The third-order valence-corrected chi connectivity index (χ3v) is 3.30. The molecular weight excluding hydrogens is 188 g/mol. The van der Waals surface area contributed by atoms with Gasteiger partial charge in [0.25, 0.3) is 0 Å². The molecule has 0 amide bonds. The average molecular weight is 214 g/mol. The molecule has 2 unspecified atom stereocenters. The summed E-state index contributed by atoms with van der Waals surface area (Å²) in [6.45, 7) is 7.69. The molecule has 1 aliphatic rings. The van der Waals surface area contributed by atoms with Crippen LogP contribution in [0.3, 0.4) is 0 Å². The summed E-state index contributed by atoms with van der Waals surface area (Å²) >= 11 is 0. The first-order valence-corrected chi connectivity index (χ1v) is 6.11. The van der Waals surface area contributed by atoms with Gasteiger partial charge in [-0.2, -0.15) is 0 Å². The summed E-state index contributed by atoms with van der Waals surface area (Å²) in [5.74, 6) is 0.897. The molecule has 0 radical (unpaired) electrons. The van der Waals surface area contributed by atoms with E-state index < -0.39 is 0 Å². The van der Waals surface area contributed by atoms with Crippen molar-refractivity contribution in [3.05, 3.63) is 0 Å². The van der Waals surface area contributed by atoms with Crippen LogP contribution in [0.2, 0.25) is 0 Å². The monoisotopic (exact) mass is 214 g/mol. The summed E-state index contributed by atoms with van der Waals surface area (Å²) in [7, 11) is 2.16. The smallest absolute Gasteiger partial charge is 0.0597 e. The first-order chi connectivity index (χ1) is 7.04. The molecule has 3 heteroatoms. The molecule has 0 aromatic heterocycles. The van der Waals surface area contributed by atoms with E-state index in [0.29, 0.717) is 12.1 Å². The van der Waals surface area contributed by atoms with Crippen LogP contribution in [0.25, 0.3) is 0 Å². The highest BCUT2D eigenvalue weighted by molar-refractivity contribution is 4.85. The number of rotatable bonds is 7. The van der Waals surface area contributed by atoms with Crippen LogP contribution in [-0.2, 0) is 0 Å². The lowest BCUT2D eigenvalue weighted by atomic mass is 10.1. The number of likely N-dealkylation sites (N-methyl/N-ethyl adjacent to an activating group) is 1. The lowest BCUT2D eigenvalue weighted by Crippen LogP contribution is -2.47. The molecule has 0 aromatic carbocycles. The fraction of sp³-hybridized carbons (Fsp3) is 1.00. The van der Waals surface area contributed by atoms with Crippen molar-refractivity contribution < 1.29 is 5.11 Å². The summed E-state index contributed by atoms with van der Waals surface area (Å²) in [5.41, 5.74) is 0. The Labute approximate surface area is 93.9 Å². The lowest BCUT2D eigenvalue weighted by molar-refractivity contribution is 0.161. The van der Waals surface area contributed by atoms with Crippen molar-refractivity contribution >= 4 is 0 Å². The molecule has 3 nitrogen and oxygen atoms in total. The molecule has 0 spiro atoms. The number of hydrogen-bond donors (Lipinski definition) is 2. The van der Waals surface area contributed by atoms with E-state index in [1.54, 1.807) is 0 Å². The predicted molar refractivity (Wildman–Crippen MR) is 64.0 cm³/mol. The quantitative estimate of drug-likeness (QED) is 0.665. The Kier molecular flexibility index (Phi) is 5.03. The minimum atomic E-state index is 0.205. The van der Waals surface area contributed by atoms with Gasteiger partial charge in [0.05, 0.1) is 6.61 Å². The van der Waals surface area contributed by atoms with E-state index in [1.165, 1.54) is 12.8 Å². The van der Waals surface area contributed by atoms with E-state index in [0.717, 1.165) is 12.5 Å². The first-order valence-electron chi connectivity index (χ1n) is 6.11. The lowest BCUT2D eigenvalue weighted by Gasteiger charge is -2.29. The molecule has 1 fully saturated rings.